The summed E-state index contributed by atoms with van der Waals surface area (Å²) in [5, 5.41) is 14.5. The first-order valence-electron chi connectivity index (χ1n) is 4.84. The van der Waals surface area contributed by atoms with Crippen molar-refractivity contribution >= 4 is 11.5 Å². The first-order chi connectivity index (χ1) is 8.27. The molecule has 1 N–H and O–H groups in total. The molecule has 0 atom stereocenters. The molecule has 86 valence electrons. The van der Waals surface area contributed by atoms with Crippen molar-refractivity contribution in [2.24, 2.45) is 5.10 Å². The molecule has 0 aliphatic carbocycles. The molecule has 0 fully saturated rings. The number of hydrogen-bond donors (Lipinski definition) is 1. The van der Waals surface area contributed by atoms with Gasteiger partial charge in [-0.25, -0.2) is 0 Å². The van der Waals surface area contributed by atoms with Gasteiger partial charge in [-0.2, -0.15) is 5.43 Å². The summed E-state index contributed by atoms with van der Waals surface area (Å²) >= 11 is 0. The summed E-state index contributed by atoms with van der Waals surface area (Å²) in [5.41, 5.74) is 3.27. The summed E-state index contributed by atoms with van der Waals surface area (Å²) in [5.74, 6) is -0.253. The molecule has 0 spiro atoms. The van der Waals surface area contributed by atoms with Crippen molar-refractivity contribution in [2.75, 3.05) is 5.43 Å². The van der Waals surface area contributed by atoms with E-state index in [2.05, 4.69) is 10.5 Å². The van der Waals surface area contributed by atoms with Gasteiger partial charge in [-0.15, -0.1) is 0 Å². The zero-order valence-corrected chi connectivity index (χ0v) is 8.74. The van der Waals surface area contributed by atoms with Crippen LogP contribution in [-0.2, 0) is 0 Å². The third-order valence-electron chi connectivity index (χ3n) is 1.98. The van der Waals surface area contributed by atoms with Crippen molar-refractivity contribution in [3.8, 4) is 0 Å². The van der Waals surface area contributed by atoms with E-state index in [1.807, 2.05) is 6.07 Å². The number of amidine groups is 1. The largest absolute Gasteiger partial charge is 0.456 e. The Morgan fingerprint density at radius 1 is 1.24 bits per heavy atom. The molecule has 6 heteroatoms. The van der Waals surface area contributed by atoms with Crippen molar-refractivity contribution in [3.63, 3.8) is 0 Å². The minimum atomic E-state index is -0.602. The average molecular weight is 231 g/mol. The Morgan fingerprint density at radius 3 is 2.59 bits per heavy atom. The van der Waals surface area contributed by atoms with E-state index in [0.717, 1.165) is 0 Å². The molecule has 0 unspecified atom stereocenters. The number of hydrogen-bond acceptors (Lipinski definition) is 5. The van der Waals surface area contributed by atoms with Crippen molar-refractivity contribution < 1.29 is 9.34 Å². The van der Waals surface area contributed by atoms with Crippen LogP contribution in [0, 0.1) is 10.1 Å². The Labute approximate surface area is 96.7 Å². The number of hydrazone groups is 1. The van der Waals surface area contributed by atoms with E-state index in [-0.39, 0.29) is 11.6 Å². The van der Waals surface area contributed by atoms with E-state index in [1.54, 1.807) is 30.3 Å². The molecule has 0 saturated carbocycles. The number of anilines is 1. The predicted octanol–water partition coefficient (Wildman–Crippen LogP) is 2.33. The van der Waals surface area contributed by atoms with E-state index in [1.165, 1.54) is 12.3 Å². The van der Waals surface area contributed by atoms with Crippen molar-refractivity contribution in [1.82, 2.24) is 0 Å². The lowest BCUT2D eigenvalue weighted by atomic mass is 10.3. The highest BCUT2D eigenvalue weighted by atomic mass is 16.6. The van der Waals surface area contributed by atoms with Crippen LogP contribution in [0.25, 0.3) is 0 Å². The third kappa shape index (κ3) is 2.69. The Morgan fingerprint density at radius 2 is 2.00 bits per heavy atom. The molecular formula is C11H9N3O3. The monoisotopic (exact) mass is 231 g/mol. The van der Waals surface area contributed by atoms with Crippen LogP contribution in [0.4, 0.5) is 5.69 Å². The van der Waals surface area contributed by atoms with Gasteiger partial charge in [0.1, 0.15) is 0 Å². The van der Waals surface area contributed by atoms with Crippen LogP contribution in [0.2, 0.25) is 0 Å². The molecule has 17 heavy (non-hydrogen) atoms. The summed E-state index contributed by atoms with van der Waals surface area (Å²) in [4.78, 5) is 10.2. The van der Waals surface area contributed by atoms with E-state index in [4.69, 9.17) is 4.42 Å². The fourth-order valence-electron chi connectivity index (χ4n) is 1.22. The molecule has 1 aromatic heterocycles. The fraction of sp³-hybridized carbons (Fsp3) is 0. The molecule has 2 rings (SSSR count). The molecule has 1 aromatic carbocycles. The maximum Gasteiger partial charge on any atom is 0.430 e. The summed E-state index contributed by atoms with van der Waals surface area (Å²) in [7, 11) is 0. The van der Waals surface area contributed by atoms with E-state index < -0.39 is 4.92 Å². The second kappa shape index (κ2) is 4.93. The number of benzene rings is 1. The topological polar surface area (TPSA) is 80.7 Å². The molecular weight excluding hydrogens is 222 g/mol. The lowest BCUT2D eigenvalue weighted by molar-refractivity contribution is -0.350. The molecule has 2 aromatic rings. The van der Waals surface area contributed by atoms with Gasteiger partial charge < -0.3 is 14.5 Å². The predicted molar refractivity (Wildman–Crippen MR) is 62.3 cm³/mol. The second-order valence-corrected chi connectivity index (χ2v) is 3.15. The zero-order chi connectivity index (χ0) is 12.1. The average Bonchev–Trinajstić information content (AvgIpc) is 2.84. The van der Waals surface area contributed by atoms with Gasteiger partial charge in [-0.3, -0.25) is 0 Å². The molecule has 0 aliphatic heterocycles. The van der Waals surface area contributed by atoms with Crippen LogP contribution >= 0.6 is 0 Å². The first-order valence-corrected chi connectivity index (χ1v) is 4.84. The summed E-state index contributed by atoms with van der Waals surface area (Å²) < 4.78 is 4.93. The Balaban J connectivity index is 2.21. The fourth-order valence-corrected chi connectivity index (χ4v) is 1.22. The van der Waals surface area contributed by atoms with Gasteiger partial charge in [-0.1, -0.05) is 18.2 Å². The zero-order valence-electron chi connectivity index (χ0n) is 8.74. The van der Waals surface area contributed by atoms with Crippen LogP contribution in [0.1, 0.15) is 5.76 Å². The van der Waals surface area contributed by atoms with Crippen LogP contribution in [0.5, 0.6) is 0 Å². The van der Waals surface area contributed by atoms with Gasteiger partial charge >= 0.3 is 5.84 Å². The maximum atomic E-state index is 10.8. The third-order valence-corrected chi connectivity index (χ3v) is 1.98. The number of nitrogens with zero attached hydrogens (tertiary/aromatic N) is 2. The highest BCUT2D eigenvalue weighted by molar-refractivity contribution is 5.90. The number of para-hydroxylation sites is 1. The Bertz CT molecular complexity index is 520. The lowest BCUT2D eigenvalue weighted by Crippen LogP contribution is -2.14. The maximum absolute atomic E-state index is 10.8. The van der Waals surface area contributed by atoms with E-state index in [0.29, 0.717) is 5.69 Å². The minimum absolute atomic E-state index is 0.110. The van der Waals surface area contributed by atoms with Crippen molar-refractivity contribution in [3.05, 3.63) is 64.6 Å². The Kier molecular flexibility index (Phi) is 3.15. The second-order valence-electron chi connectivity index (χ2n) is 3.15. The van der Waals surface area contributed by atoms with E-state index >= 15 is 0 Å². The van der Waals surface area contributed by atoms with Gasteiger partial charge in [0, 0.05) is 0 Å². The van der Waals surface area contributed by atoms with E-state index in [9.17, 15) is 10.1 Å². The first kappa shape index (κ1) is 10.9. The molecule has 0 amide bonds. The highest BCUT2D eigenvalue weighted by Gasteiger charge is 2.19. The van der Waals surface area contributed by atoms with Crippen LogP contribution in [-0.4, -0.2) is 10.8 Å². The molecule has 1 heterocycles. The van der Waals surface area contributed by atoms with Crippen molar-refractivity contribution in [2.45, 2.75) is 0 Å². The highest BCUT2D eigenvalue weighted by Crippen LogP contribution is 2.07. The Hall–Kier alpha value is -2.63. The van der Waals surface area contributed by atoms with Gasteiger partial charge in [0.2, 0.25) is 5.76 Å². The lowest BCUT2D eigenvalue weighted by Gasteiger charge is -1.96. The number of nitrogens with one attached hydrogen (secondary N) is 1. The van der Waals surface area contributed by atoms with Gasteiger partial charge in [0.05, 0.1) is 17.1 Å². The smallest absolute Gasteiger partial charge is 0.430 e. The standard InChI is InChI=1S/C11H9N3O3/c15-14(16)11(10-7-4-8-17-10)13-12-9-5-2-1-3-6-9/h1-8,12H/b13-11+. The molecule has 0 aliphatic rings. The normalized spacial score (nSPS) is 11.2. The van der Waals surface area contributed by atoms with Gasteiger partial charge in [0.15, 0.2) is 0 Å². The van der Waals surface area contributed by atoms with Crippen molar-refractivity contribution in [1.29, 1.82) is 0 Å². The molecule has 6 nitrogen and oxygen atoms in total. The number of furan rings is 1. The SMILES string of the molecule is O=[N+]([O-])/C(=N/Nc1ccccc1)c1ccco1. The quantitative estimate of drug-likeness (QED) is 0.380. The molecule has 0 saturated heterocycles. The van der Waals surface area contributed by atoms with Gasteiger partial charge in [-0.05, 0) is 29.2 Å². The summed E-state index contributed by atoms with van der Waals surface area (Å²) in [6.45, 7) is 0. The minimum Gasteiger partial charge on any atom is -0.456 e. The molecule has 0 radical (unpaired) electrons. The number of nitro groups is 1. The molecule has 0 bridgehead atoms. The summed E-state index contributed by atoms with van der Waals surface area (Å²) in [6, 6.07) is 12.0. The van der Waals surface area contributed by atoms with Crippen LogP contribution < -0.4 is 5.43 Å². The van der Waals surface area contributed by atoms with Crippen LogP contribution in [0.3, 0.4) is 0 Å². The number of rotatable bonds is 3. The summed E-state index contributed by atoms with van der Waals surface area (Å²) in [6.07, 6.45) is 1.36. The van der Waals surface area contributed by atoms with Crippen LogP contribution in [0.15, 0.2) is 58.2 Å². The van der Waals surface area contributed by atoms with Gasteiger partial charge in [0.25, 0.3) is 0 Å².